The molecule has 120 valence electrons. The molecule has 0 aromatic carbocycles. The van der Waals surface area contributed by atoms with Crippen molar-refractivity contribution < 1.29 is 9.59 Å². The largest absolute Gasteiger partial charge is 0.342 e. The number of piperidine rings is 2. The molecule has 0 unspecified atom stereocenters. The highest BCUT2D eigenvalue weighted by Gasteiger charge is 2.39. The Labute approximate surface area is 135 Å². The first kappa shape index (κ1) is 15.5. The fourth-order valence-electron chi connectivity index (χ4n) is 3.69. The Bertz CT molecular complexity index is 532. The lowest BCUT2D eigenvalue weighted by atomic mass is 9.83. The Kier molecular flexibility index (Phi) is 4.78. The minimum absolute atomic E-state index is 0.208. The van der Waals surface area contributed by atoms with Crippen molar-refractivity contribution in [2.24, 2.45) is 11.7 Å². The van der Waals surface area contributed by atoms with Crippen LogP contribution in [0.2, 0.25) is 0 Å². The van der Waals surface area contributed by atoms with Gasteiger partial charge in [0.2, 0.25) is 11.8 Å². The lowest BCUT2D eigenvalue weighted by molar-refractivity contribution is -0.143. The number of fused-ring (bicyclic) bond motifs is 1. The molecule has 6 heteroatoms. The molecule has 2 fully saturated rings. The Balaban J connectivity index is 1.61. The van der Waals surface area contributed by atoms with E-state index >= 15 is 0 Å². The van der Waals surface area contributed by atoms with E-state index in [1.54, 1.807) is 11.3 Å². The maximum absolute atomic E-state index is 12.4. The van der Waals surface area contributed by atoms with Crippen LogP contribution in [-0.2, 0) is 16.0 Å². The number of amides is 2. The van der Waals surface area contributed by atoms with Crippen molar-refractivity contribution in [1.29, 1.82) is 0 Å². The van der Waals surface area contributed by atoms with Gasteiger partial charge in [-0.2, -0.15) is 11.3 Å². The normalized spacial score (nSPS) is 25.2. The van der Waals surface area contributed by atoms with Crippen LogP contribution in [0.25, 0.3) is 0 Å². The number of hydrogen-bond donors (Lipinski definition) is 1. The molecule has 0 spiro atoms. The topological polar surface area (TPSA) is 66.6 Å². The van der Waals surface area contributed by atoms with Crippen LogP contribution < -0.4 is 5.73 Å². The molecule has 2 N–H and O–H groups in total. The smallest absolute Gasteiger partial charge is 0.227 e. The van der Waals surface area contributed by atoms with Crippen molar-refractivity contribution in [2.45, 2.75) is 31.7 Å². The number of hydrogen-bond acceptors (Lipinski definition) is 4. The maximum Gasteiger partial charge on any atom is 0.227 e. The molecule has 2 aliphatic heterocycles. The van der Waals surface area contributed by atoms with Gasteiger partial charge in [0.05, 0.1) is 6.42 Å². The van der Waals surface area contributed by atoms with Gasteiger partial charge >= 0.3 is 0 Å². The van der Waals surface area contributed by atoms with Gasteiger partial charge in [0.25, 0.3) is 0 Å². The van der Waals surface area contributed by atoms with Crippen LogP contribution in [0.5, 0.6) is 0 Å². The number of carbonyl (C=O) groups is 2. The summed E-state index contributed by atoms with van der Waals surface area (Å²) < 4.78 is 0. The third-order valence-corrected chi connectivity index (χ3v) is 5.53. The van der Waals surface area contributed by atoms with E-state index in [9.17, 15) is 9.59 Å². The van der Waals surface area contributed by atoms with E-state index in [1.807, 2.05) is 26.6 Å². The van der Waals surface area contributed by atoms with Crippen molar-refractivity contribution in [3.05, 3.63) is 22.4 Å². The van der Waals surface area contributed by atoms with Crippen LogP contribution in [0, 0.1) is 5.92 Å². The van der Waals surface area contributed by atoms with Crippen molar-refractivity contribution in [3.8, 4) is 0 Å². The van der Waals surface area contributed by atoms with E-state index in [0.29, 0.717) is 31.8 Å². The van der Waals surface area contributed by atoms with E-state index in [2.05, 4.69) is 0 Å². The summed E-state index contributed by atoms with van der Waals surface area (Å²) in [6, 6.07) is 2.28. The van der Waals surface area contributed by atoms with Crippen molar-refractivity contribution in [3.63, 3.8) is 0 Å². The zero-order valence-electron chi connectivity index (χ0n) is 12.7. The van der Waals surface area contributed by atoms with Gasteiger partial charge in [0, 0.05) is 38.6 Å². The average molecular weight is 321 g/mol. The summed E-state index contributed by atoms with van der Waals surface area (Å²) in [5.41, 5.74) is 6.74. The third-order valence-electron chi connectivity index (χ3n) is 4.80. The molecule has 0 aliphatic carbocycles. The first-order valence-electron chi connectivity index (χ1n) is 7.97. The van der Waals surface area contributed by atoms with Crippen LogP contribution in [-0.4, -0.2) is 53.8 Å². The number of likely N-dealkylation sites (tertiary alicyclic amines) is 2. The summed E-state index contributed by atoms with van der Waals surface area (Å²) in [4.78, 5) is 28.4. The predicted molar refractivity (Wildman–Crippen MR) is 86.5 cm³/mol. The van der Waals surface area contributed by atoms with Crippen LogP contribution in [0.4, 0.5) is 0 Å². The number of rotatable bonds is 4. The fraction of sp³-hybridized carbons (Fsp3) is 0.625. The van der Waals surface area contributed by atoms with E-state index in [0.717, 1.165) is 31.5 Å². The van der Waals surface area contributed by atoms with Crippen molar-refractivity contribution in [1.82, 2.24) is 9.80 Å². The molecule has 2 saturated heterocycles. The van der Waals surface area contributed by atoms with Crippen molar-refractivity contribution in [2.75, 3.05) is 26.2 Å². The highest BCUT2D eigenvalue weighted by Crippen LogP contribution is 2.31. The van der Waals surface area contributed by atoms with E-state index in [-0.39, 0.29) is 17.9 Å². The number of thiophene rings is 1. The summed E-state index contributed by atoms with van der Waals surface area (Å²) in [5, 5.41) is 4.04. The standard InChI is InChI=1S/C16H23N3O2S/c17-5-7-19-14-3-6-18(10-13(14)1-2-15(19)20)16(21)9-12-4-8-22-11-12/h4,8,11,13-14H,1-3,5-7,9-10,17H2/t13-,14+/m0/s1. The predicted octanol–water partition coefficient (Wildman–Crippen LogP) is 1.09. The van der Waals surface area contributed by atoms with Gasteiger partial charge in [-0.15, -0.1) is 0 Å². The maximum atomic E-state index is 12.4. The summed E-state index contributed by atoms with van der Waals surface area (Å²) in [6.45, 7) is 2.68. The summed E-state index contributed by atoms with van der Waals surface area (Å²) in [6.07, 6.45) is 2.86. The summed E-state index contributed by atoms with van der Waals surface area (Å²) in [7, 11) is 0. The molecule has 0 radical (unpaired) electrons. The fourth-order valence-corrected chi connectivity index (χ4v) is 4.36. The summed E-state index contributed by atoms with van der Waals surface area (Å²) in [5.74, 6) is 0.841. The van der Waals surface area contributed by atoms with Gasteiger partial charge < -0.3 is 15.5 Å². The minimum atomic E-state index is 0.208. The molecule has 1 aromatic rings. The second kappa shape index (κ2) is 6.79. The highest BCUT2D eigenvalue weighted by atomic mass is 32.1. The number of nitrogens with zero attached hydrogens (tertiary/aromatic N) is 2. The molecule has 22 heavy (non-hydrogen) atoms. The molecular weight excluding hydrogens is 298 g/mol. The highest BCUT2D eigenvalue weighted by molar-refractivity contribution is 7.07. The Morgan fingerprint density at radius 2 is 2.27 bits per heavy atom. The molecule has 1 aromatic heterocycles. The van der Waals surface area contributed by atoms with Gasteiger partial charge in [-0.3, -0.25) is 9.59 Å². The van der Waals surface area contributed by atoms with Crippen LogP contribution >= 0.6 is 11.3 Å². The Morgan fingerprint density at radius 1 is 1.41 bits per heavy atom. The van der Waals surface area contributed by atoms with Gasteiger partial charge in [-0.05, 0) is 41.1 Å². The van der Waals surface area contributed by atoms with E-state index < -0.39 is 0 Å². The van der Waals surface area contributed by atoms with Crippen molar-refractivity contribution >= 4 is 23.2 Å². The lowest BCUT2D eigenvalue weighted by Crippen LogP contribution is -2.57. The quantitative estimate of drug-likeness (QED) is 0.903. The first-order valence-corrected chi connectivity index (χ1v) is 8.91. The zero-order valence-corrected chi connectivity index (χ0v) is 13.6. The van der Waals surface area contributed by atoms with Crippen LogP contribution in [0.15, 0.2) is 16.8 Å². The Morgan fingerprint density at radius 3 is 3.00 bits per heavy atom. The molecular formula is C16H23N3O2S. The molecule has 0 bridgehead atoms. The van der Waals surface area contributed by atoms with Crippen LogP contribution in [0.1, 0.15) is 24.8 Å². The minimum Gasteiger partial charge on any atom is -0.342 e. The lowest BCUT2D eigenvalue weighted by Gasteiger charge is -2.47. The number of nitrogens with two attached hydrogens (primary N) is 1. The van der Waals surface area contributed by atoms with Gasteiger partial charge in [0.1, 0.15) is 0 Å². The van der Waals surface area contributed by atoms with Gasteiger partial charge in [-0.1, -0.05) is 0 Å². The van der Waals surface area contributed by atoms with Crippen LogP contribution in [0.3, 0.4) is 0 Å². The molecule has 2 atom stereocenters. The second-order valence-electron chi connectivity index (χ2n) is 6.18. The average Bonchev–Trinajstić information content (AvgIpc) is 3.02. The molecule has 2 amide bonds. The van der Waals surface area contributed by atoms with Gasteiger partial charge in [-0.25, -0.2) is 0 Å². The number of carbonyl (C=O) groups excluding carboxylic acids is 2. The zero-order chi connectivity index (χ0) is 15.5. The molecule has 3 heterocycles. The van der Waals surface area contributed by atoms with E-state index in [1.165, 1.54) is 0 Å². The first-order chi connectivity index (χ1) is 10.7. The monoisotopic (exact) mass is 321 g/mol. The molecule has 2 aliphatic rings. The SMILES string of the molecule is NCCN1C(=O)CC[C@H]2CN(C(=O)Cc3ccsc3)CC[C@H]21. The second-order valence-corrected chi connectivity index (χ2v) is 6.96. The molecule has 0 saturated carbocycles. The van der Waals surface area contributed by atoms with Gasteiger partial charge in [0.15, 0.2) is 0 Å². The Hall–Kier alpha value is -1.40. The summed E-state index contributed by atoms with van der Waals surface area (Å²) >= 11 is 1.63. The third kappa shape index (κ3) is 3.17. The molecule has 5 nitrogen and oxygen atoms in total. The molecule has 3 rings (SSSR count). The van der Waals surface area contributed by atoms with E-state index in [4.69, 9.17) is 5.73 Å².